The third kappa shape index (κ3) is 2.80. The van der Waals surface area contributed by atoms with Crippen LogP contribution in [-0.4, -0.2) is 0 Å². The number of hydrogen-bond donors (Lipinski definition) is 0. The maximum absolute atomic E-state index is 3.57. The first-order chi connectivity index (χ1) is 8.45. The Morgan fingerprint density at radius 1 is 0.833 bits per heavy atom. The second kappa shape index (κ2) is 5.34. The van der Waals surface area contributed by atoms with E-state index in [1.807, 2.05) is 0 Å². The van der Waals surface area contributed by atoms with Crippen molar-refractivity contribution in [1.29, 1.82) is 0 Å². The van der Waals surface area contributed by atoms with E-state index < -0.39 is 0 Å². The SMILES string of the molecule is CC(C)(C)c1ccc2cc(CBr)c(CBr)cc2c1. The molecule has 2 aromatic carbocycles. The molecule has 0 aliphatic rings. The van der Waals surface area contributed by atoms with E-state index in [2.05, 4.69) is 83.0 Å². The minimum absolute atomic E-state index is 0.205. The molecule has 2 aromatic rings. The minimum Gasteiger partial charge on any atom is -0.0876 e. The van der Waals surface area contributed by atoms with E-state index >= 15 is 0 Å². The van der Waals surface area contributed by atoms with Gasteiger partial charge < -0.3 is 0 Å². The number of halogens is 2. The summed E-state index contributed by atoms with van der Waals surface area (Å²) in [6.07, 6.45) is 0. The maximum Gasteiger partial charge on any atom is 0.0286 e. The number of fused-ring (bicyclic) bond motifs is 1. The van der Waals surface area contributed by atoms with Crippen LogP contribution in [0.15, 0.2) is 30.3 Å². The minimum atomic E-state index is 0.205. The molecule has 0 saturated heterocycles. The highest BCUT2D eigenvalue weighted by Crippen LogP contribution is 2.29. The summed E-state index contributed by atoms with van der Waals surface area (Å²) in [6, 6.07) is 11.4. The largest absolute Gasteiger partial charge is 0.0876 e. The van der Waals surface area contributed by atoms with Gasteiger partial charge in [0, 0.05) is 10.7 Å². The predicted molar refractivity (Wildman–Crippen MR) is 87.9 cm³/mol. The molecular weight excluding hydrogens is 352 g/mol. The highest BCUT2D eigenvalue weighted by molar-refractivity contribution is 9.09. The zero-order chi connectivity index (χ0) is 13.3. The third-order valence-electron chi connectivity index (χ3n) is 3.31. The first-order valence-electron chi connectivity index (χ1n) is 6.13. The van der Waals surface area contributed by atoms with Crippen LogP contribution >= 0.6 is 31.9 Å². The maximum atomic E-state index is 3.57. The van der Waals surface area contributed by atoms with Crippen molar-refractivity contribution in [2.75, 3.05) is 0 Å². The van der Waals surface area contributed by atoms with Crippen LogP contribution in [0, 0.1) is 0 Å². The van der Waals surface area contributed by atoms with Crippen LogP contribution in [0.1, 0.15) is 37.5 Å². The molecule has 0 atom stereocenters. The topological polar surface area (TPSA) is 0 Å². The van der Waals surface area contributed by atoms with Crippen LogP contribution in [0.4, 0.5) is 0 Å². The number of alkyl halides is 2. The molecular formula is C16H18Br2. The molecule has 0 radical (unpaired) electrons. The highest BCUT2D eigenvalue weighted by atomic mass is 79.9. The van der Waals surface area contributed by atoms with Gasteiger partial charge in [0.25, 0.3) is 0 Å². The summed E-state index contributed by atoms with van der Waals surface area (Å²) in [7, 11) is 0. The molecule has 96 valence electrons. The second-order valence-corrected chi connectivity index (χ2v) is 6.82. The van der Waals surface area contributed by atoms with E-state index in [0.717, 1.165) is 10.7 Å². The van der Waals surface area contributed by atoms with Crippen LogP contribution in [0.25, 0.3) is 10.8 Å². The first kappa shape index (κ1) is 14.1. The lowest BCUT2D eigenvalue weighted by Gasteiger charge is -2.20. The van der Waals surface area contributed by atoms with Crippen molar-refractivity contribution < 1.29 is 0 Å². The molecule has 0 bridgehead atoms. The Hall–Kier alpha value is -0.340. The molecule has 0 fully saturated rings. The van der Waals surface area contributed by atoms with Crippen molar-refractivity contribution in [3.63, 3.8) is 0 Å². The van der Waals surface area contributed by atoms with Gasteiger partial charge in [0.1, 0.15) is 0 Å². The summed E-state index contributed by atoms with van der Waals surface area (Å²) < 4.78 is 0. The molecule has 0 aliphatic heterocycles. The van der Waals surface area contributed by atoms with Gasteiger partial charge in [0.05, 0.1) is 0 Å². The van der Waals surface area contributed by atoms with Gasteiger partial charge >= 0.3 is 0 Å². The van der Waals surface area contributed by atoms with Gasteiger partial charge in [-0.25, -0.2) is 0 Å². The lowest BCUT2D eigenvalue weighted by Crippen LogP contribution is -2.10. The molecule has 0 spiro atoms. The fraction of sp³-hybridized carbons (Fsp3) is 0.375. The molecule has 2 heteroatoms. The predicted octanol–water partition coefficient (Wildman–Crippen LogP) is 5.93. The smallest absolute Gasteiger partial charge is 0.0286 e. The van der Waals surface area contributed by atoms with E-state index in [0.29, 0.717) is 0 Å². The fourth-order valence-corrected chi connectivity index (χ4v) is 3.15. The average molecular weight is 370 g/mol. The first-order valence-corrected chi connectivity index (χ1v) is 8.38. The summed E-state index contributed by atoms with van der Waals surface area (Å²) in [5, 5.41) is 4.47. The Bertz CT molecular complexity index is 565. The number of rotatable bonds is 2. The van der Waals surface area contributed by atoms with Crippen LogP contribution in [0.5, 0.6) is 0 Å². The van der Waals surface area contributed by atoms with Gasteiger partial charge in [0.2, 0.25) is 0 Å². The molecule has 2 rings (SSSR count). The molecule has 0 unspecified atom stereocenters. The summed E-state index contributed by atoms with van der Waals surface area (Å²) in [5.74, 6) is 0. The Balaban J connectivity index is 2.63. The zero-order valence-electron chi connectivity index (χ0n) is 11.1. The Kier molecular flexibility index (Phi) is 4.18. The van der Waals surface area contributed by atoms with Crippen LogP contribution in [-0.2, 0) is 16.1 Å². The van der Waals surface area contributed by atoms with Gasteiger partial charge in [-0.1, -0.05) is 76.9 Å². The molecule has 0 saturated carbocycles. The van der Waals surface area contributed by atoms with Gasteiger partial charge in [-0.3, -0.25) is 0 Å². The Labute approximate surface area is 126 Å². The lowest BCUT2D eigenvalue weighted by atomic mass is 9.85. The zero-order valence-corrected chi connectivity index (χ0v) is 14.2. The van der Waals surface area contributed by atoms with E-state index in [9.17, 15) is 0 Å². The molecule has 0 N–H and O–H groups in total. The van der Waals surface area contributed by atoms with E-state index in [1.54, 1.807) is 0 Å². The van der Waals surface area contributed by atoms with E-state index in [1.165, 1.54) is 27.5 Å². The molecule has 0 aliphatic carbocycles. The number of benzene rings is 2. The molecule has 0 amide bonds. The summed E-state index contributed by atoms with van der Waals surface area (Å²) in [4.78, 5) is 0. The van der Waals surface area contributed by atoms with Crippen LogP contribution in [0.2, 0.25) is 0 Å². The number of hydrogen-bond acceptors (Lipinski definition) is 0. The summed E-state index contributed by atoms with van der Waals surface area (Å²) >= 11 is 7.13. The second-order valence-electron chi connectivity index (χ2n) is 5.70. The summed E-state index contributed by atoms with van der Waals surface area (Å²) in [5.41, 5.74) is 4.33. The van der Waals surface area contributed by atoms with Crippen LogP contribution in [0.3, 0.4) is 0 Å². The Morgan fingerprint density at radius 2 is 1.39 bits per heavy atom. The summed E-state index contributed by atoms with van der Waals surface area (Å²) in [6.45, 7) is 6.77. The highest BCUT2D eigenvalue weighted by Gasteiger charge is 2.14. The average Bonchev–Trinajstić information content (AvgIpc) is 2.35. The van der Waals surface area contributed by atoms with E-state index in [4.69, 9.17) is 0 Å². The molecule has 18 heavy (non-hydrogen) atoms. The standard InChI is InChI=1S/C16H18Br2/c1-16(2,3)15-5-4-11-6-13(9-17)14(10-18)7-12(11)8-15/h4-8H,9-10H2,1-3H3. The van der Waals surface area contributed by atoms with E-state index in [-0.39, 0.29) is 5.41 Å². The van der Waals surface area contributed by atoms with Crippen molar-refractivity contribution in [3.8, 4) is 0 Å². The van der Waals surface area contributed by atoms with Crippen molar-refractivity contribution in [2.45, 2.75) is 36.8 Å². The van der Waals surface area contributed by atoms with Crippen molar-refractivity contribution in [3.05, 3.63) is 47.0 Å². The fourth-order valence-electron chi connectivity index (χ4n) is 2.11. The monoisotopic (exact) mass is 368 g/mol. The van der Waals surface area contributed by atoms with Gasteiger partial charge in [-0.15, -0.1) is 0 Å². The third-order valence-corrected chi connectivity index (χ3v) is 4.52. The molecule has 0 aromatic heterocycles. The van der Waals surface area contributed by atoms with Crippen molar-refractivity contribution in [2.24, 2.45) is 0 Å². The van der Waals surface area contributed by atoms with Crippen molar-refractivity contribution >= 4 is 42.6 Å². The quantitative estimate of drug-likeness (QED) is 0.575. The molecule has 0 heterocycles. The Morgan fingerprint density at radius 3 is 1.89 bits per heavy atom. The van der Waals surface area contributed by atoms with Crippen molar-refractivity contribution in [1.82, 2.24) is 0 Å². The van der Waals surface area contributed by atoms with Crippen LogP contribution < -0.4 is 0 Å². The van der Waals surface area contributed by atoms with Gasteiger partial charge in [-0.05, 0) is 38.9 Å². The van der Waals surface area contributed by atoms with Gasteiger partial charge in [0.15, 0.2) is 0 Å². The van der Waals surface area contributed by atoms with Gasteiger partial charge in [-0.2, -0.15) is 0 Å². The molecule has 0 nitrogen and oxygen atoms in total. The lowest BCUT2D eigenvalue weighted by molar-refractivity contribution is 0.591. The normalized spacial score (nSPS) is 12.1.